The summed E-state index contributed by atoms with van der Waals surface area (Å²) < 4.78 is 0. The van der Waals surface area contributed by atoms with E-state index < -0.39 is 12.0 Å². The number of nitrogens with zero attached hydrogens (tertiary/aromatic N) is 1. The zero-order valence-electron chi connectivity index (χ0n) is 11.8. The second-order valence-electron chi connectivity index (χ2n) is 5.18. The van der Waals surface area contributed by atoms with Gasteiger partial charge in [0.25, 0.3) is 0 Å². The molecule has 2 amide bonds. The zero-order chi connectivity index (χ0) is 14.7. The third-order valence-corrected chi connectivity index (χ3v) is 3.85. The van der Waals surface area contributed by atoms with Crippen molar-refractivity contribution in [2.75, 3.05) is 11.9 Å². The van der Waals surface area contributed by atoms with Crippen LogP contribution in [0.5, 0.6) is 0 Å². The van der Waals surface area contributed by atoms with Gasteiger partial charge in [-0.3, -0.25) is 0 Å². The van der Waals surface area contributed by atoms with Crippen LogP contribution in [-0.4, -0.2) is 34.6 Å². The number of carboxylic acid groups (broad SMARTS) is 1. The fourth-order valence-corrected chi connectivity index (χ4v) is 2.69. The molecule has 1 aliphatic rings. The van der Waals surface area contributed by atoms with E-state index in [0.29, 0.717) is 6.54 Å². The topological polar surface area (TPSA) is 69.6 Å². The number of hydrogen-bond acceptors (Lipinski definition) is 2. The van der Waals surface area contributed by atoms with Gasteiger partial charge in [-0.05, 0) is 30.4 Å². The molecular formula is C15H20N2O3. The predicted molar refractivity (Wildman–Crippen MR) is 76.7 cm³/mol. The van der Waals surface area contributed by atoms with Crippen molar-refractivity contribution in [1.82, 2.24) is 4.90 Å². The minimum absolute atomic E-state index is 0.0142. The highest BCUT2D eigenvalue weighted by Gasteiger charge is 2.39. The fourth-order valence-electron chi connectivity index (χ4n) is 2.69. The number of para-hydroxylation sites is 1. The van der Waals surface area contributed by atoms with Gasteiger partial charge in [0.2, 0.25) is 0 Å². The molecule has 20 heavy (non-hydrogen) atoms. The van der Waals surface area contributed by atoms with Gasteiger partial charge in [-0.15, -0.1) is 0 Å². The second-order valence-corrected chi connectivity index (χ2v) is 5.18. The summed E-state index contributed by atoms with van der Waals surface area (Å²) in [5, 5.41) is 12.1. The third-order valence-electron chi connectivity index (χ3n) is 3.85. The quantitative estimate of drug-likeness (QED) is 0.891. The number of anilines is 1. The Balaban J connectivity index is 2.14. The minimum atomic E-state index is -0.936. The highest BCUT2D eigenvalue weighted by Crippen LogP contribution is 2.25. The maximum Gasteiger partial charge on any atom is 0.326 e. The van der Waals surface area contributed by atoms with E-state index >= 15 is 0 Å². The first-order valence-corrected chi connectivity index (χ1v) is 6.93. The van der Waals surface area contributed by atoms with Crippen molar-refractivity contribution in [3.05, 3.63) is 29.8 Å². The Kier molecular flexibility index (Phi) is 4.27. The number of amides is 2. The predicted octanol–water partition coefficient (Wildman–Crippen LogP) is 2.58. The van der Waals surface area contributed by atoms with Gasteiger partial charge in [-0.1, -0.05) is 32.0 Å². The molecule has 108 valence electrons. The lowest BCUT2D eigenvalue weighted by Gasteiger charge is -2.24. The summed E-state index contributed by atoms with van der Waals surface area (Å²) >= 11 is 0. The summed E-state index contributed by atoms with van der Waals surface area (Å²) in [6.07, 6.45) is 1.54. The lowest BCUT2D eigenvalue weighted by Crippen LogP contribution is -2.44. The van der Waals surface area contributed by atoms with Crippen molar-refractivity contribution in [2.45, 2.75) is 32.7 Å². The smallest absolute Gasteiger partial charge is 0.326 e. The van der Waals surface area contributed by atoms with Crippen molar-refractivity contribution in [3.8, 4) is 0 Å². The molecule has 0 spiro atoms. The van der Waals surface area contributed by atoms with Crippen molar-refractivity contribution < 1.29 is 14.7 Å². The number of urea groups is 1. The molecule has 1 aromatic rings. The van der Waals surface area contributed by atoms with E-state index in [1.54, 1.807) is 0 Å². The van der Waals surface area contributed by atoms with E-state index in [1.807, 2.05) is 38.1 Å². The highest BCUT2D eigenvalue weighted by molar-refractivity contribution is 5.93. The molecule has 2 unspecified atom stereocenters. The highest BCUT2D eigenvalue weighted by atomic mass is 16.4. The van der Waals surface area contributed by atoms with Gasteiger partial charge in [-0.25, -0.2) is 9.59 Å². The van der Waals surface area contributed by atoms with E-state index in [0.717, 1.165) is 24.1 Å². The molecule has 0 aliphatic carbocycles. The second kappa shape index (κ2) is 5.94. The van der Waals surface area contributed by atoms with Crippen LogP contribution in [0.4, 0.5) is 10.5 Å². The number of aliphatic carboxylic acids is 1. The van der Waals surface area contributed by atoms with Gasteiger partial charge in [0.1, 0.15) is 6.04 Å². The van der Waals surface area contributed by atoms with Crippen LogP contribution in [0.3, 0.4) is 0 Å². The molecule has 1 aliphatic heterocycles. The number of aryl methyl sites for hydroxylation is 1. The number of benzene rings is 1. The van der Waals surface area contributed by atoms with Gasteiger partial charge >= 0.3 is 12.0 Å². The Labute approximate surface area is 118 Å². The van der Waals surface area contributed by atoms with Gasteiger partial charge < -0.3 is 15.3 Å². The lowest BCUT2D eigenvalue weighted by molar-refractivity contribution is -0.142. The monoisotopic (exact) mass is 276 g/mol. The largest absolute Gasteiger partial charge is 0.480 e. The number of rotatable bonds is 3. The summed E-state index contributed by atoms with van der Waals surface area (Å²) in [5.41, 5.74) is 1.80. The molecule has 2 rings (SSSR count). The summed E-state index contributed by atoms with van der Waals surface area (Å²) in [4.78, 5) is 25.0. The minimum Gasteiger partial charge on any atom is -0.480 e. The molecule has 1 aromatic carbocycles. The molecule has 0 radical (unpaired) electrons. The number of hydrogen-bond donors (Lipinski definition) is 2. The molecule has 0 saturated carbocycles. The summed E-state index contributed by atoms with van der Waals surface area (Å²) in [6, 6.07) is 6.51. The van der Waals surface area contributed by atoms with E-state index in [1.165, 1.54) is 4.90 Å². The van der Waals surface area contributed by atoms with Crippen LogP contribution in [0.25, 0.3) is 0 Å². The average molecular weight is 276 g/mol. The Hall–Kier alpha value is -2.04. The fraction of sp³-hybridized carbons (Fsp3) is 0.467. The van der Waals surface area contributed by atoms with Crippen molar-refractivity contribution in [2.24, 2.45) is 5.92 Å². The Bertz CT molecular complexity index is 516. The maximum atomic E-state index is 12.3. The molecule has 1 saturated heterocycles. The third kappa shape index (κ3) is 2.76. The van der Waals surface area contributed by atoms with Gasteiger partial charge in [-0.2, -0.15) is 0 Å². The molecule has 0 bridgehead atoms. The van der Waals surface area contributed by atoms with Gasteiger partial charge in [0.15, 0.2) is 0 Å². The van der Waals surface area contributed by atoms with Gasteiger partial charge in [0, 0.05) is 12.2 Å². The maximum absolute atomic E-state index is 12.3. The van der Waals surface area contributed by atoms with Crippen molar-refractivity contribution >= 4 is 17.7 Å². The Morgan fingerprint density at radius 1 is 1.40 bits per heavy atom. The van der Waals surface area contributed by atoms with E-state index in [-0.39, 0.29) is 11.9 Å². The van der Waals surface area contributed by atoms with Crippen LogP contribution < -0.4 is 5.32 Å². The van der Waals surface area contributed by atoms with Crippen LogP contribution in [0, 0.1) is 5.92 Å². The normalized spacial score (nSPS) is 21.8. The van der Waals surface area contributed by atoms with E-state index in [2.05, 4.69) is 5.32 Å². The molecule has 1 fully saturated rings. The number of carboxylic acids is 1. The van der Waals surface area contributed by atoms with Crippen LogP contribution in [0.15, 0.2) is 24.3 Å². The summed E-state index contributed by atoms with van der Waals surface area (Å²) in [5.74, 6) is -0.950. The standard InChI is InChI=1S/C15H20N2O3/c1-3-11-6-4-5-7-12(11)16-15(20)17-9-8-10(2)13(17)14(18)19/h4-7,10,13H,3,8-9H2,1-2H3,(H,16,20)(H,18,19). The molecule has 5 heteroatoms. The van der Waals surface area contributed by atoms with Crippen LogP contribution in [-0.2, 0) is 11.2 Å². The first-order chi connectivity index (χ1) is 9.54. The van der Waals surface area contributed by atoms with Crippen LogP contribution in [0.1, 0.15) is 25.8 Å². The van der Waals surface area contributed by atoms with Crippen LogP contribution in [0.2, 0.25) is 0 Å². The molecule has 1 heterocycles. The average Bonchev–Trinajstić information content (AvgIpc) is 2.81. The van der Waals surface area contributed by atoms with Crippen molar-refractivity contribution in [1.29, 1.82) is 0 Å². The van der Waals surface area contributed by atoms with Crippen molar-refractivity contribution in [3.63, 3.8) is 0 Å². The van der Waals surface area contributed by atoms with E-state index in [4.69, 9.17) is 0 Å². The zero-order valence-corrected chi connectivity index (χ0v) is 11.8. The Morgan fingerprint density at radius 3 is 2.75 bits per heavy atom. The molecule has 2 N–H and O–H groups in total. The molecule has 5 nitrogen and oxygen atoms in total. The lowest BCUT2D eigenvalue weighted by atomic mass is 10.0. The number of nitrogens with one attached hydrogen (secondary N) is 1. The van der Waals surface area contributed by atoms with Gasteiger partial charge in [0.05, 0.1) is 0 Å². The molecular weight excluding hydrogens is 256 g/mol. The van der Waals surface area contributed by atoms with E-state index in [9.17, 15) is 14.7 Å². The number of carbonyl (C=O) groups excluding carboxylic acids is 1. The molecule has 0 aromatic heterocycles. The SMILES string of the molecule is CCc1ccccc1NC(=O)N1CCC(C)C1C(=O)O. The first kappa shape index (κ1) is 14.4. The summed E-state index contributed by atoms with van der Waals surface area (Å²) in [7, 11) is 0. The number of likely N-dealkylation sites (tertiary alicyclic amines) is 1. The summed E-state index contributed by atoms with van der Waals surface area (Å²) in [6.45, 7) is 4.37. The Morgan fingerprint density at radius 2 is 2.10 bits per heavy atom. The molecule has 2 atom stereocenters. The number of carbonyl (C=O) groups is 2. The first-order valence-electron chi connectivity index (χ1n) is 6.93. The van der Waals surface area contributed by atoms with Crippen LogP contribution >= 0.6 is 0 Å².